The van der Waals surface area contributed by atoms with Crippen LogP contribution in [0.4, 0.5) is 0 Å². The normalized spacial score (nSPS) is 19.9. The fraction of sp³-hybridized carbons (Fsp3) is 0.357. The number of nitrogens with two attached hydrogens (primary N) is 1. The largest absolute Gasteiger partial charge is 0.478 e. The van der Waals surface area contributed by atoms with E-state index in [1.54, 1.807) is 18.2 Å². The lowest BCUT2D eigenvalue weighted by Gasteiger charge is -2.31. The summed E-state index contributed by atoms with van der Waals surface area (Å²) in [6.45, 7) is 2.30. The molecular weight excluding hydrogens is 228 g/mol. The van der Waals surface area contributed by atoms with Crippen LogP contribution in [-0.2, 0) is 6.54 Å². The van der Waals surface area contributed by atoms with Gasteiger partial charge in [0.25, 0.3) is 0 Å². The smallest absolute Gasteiger partial charge is 0.335 e. The molecule has 4 heteroatoms. The molecule has 0 amide bonds. The van der Waals surface area contributed by atoms with Crippen molar-refractivity contribution >= 4 is 5.97 Å². The summed E-state index contributed by atoms with van der Waals surface area (Å²) < 4.78 is 0. The number of benzene rings is 1. The average Bonchev–Trinajstić information content (AvgIpc) is 2.39. The van der Waals surface area contributed by atoms with Crippen molar-refractivity contribution in [2.45, 2.75) is 19.0 Å². The first-order valence-corrected chi connectivity index (χ1v) is 6.13. The van der Waals surface area contributed by atoms with Crippen molar-refractivity contribution in [2.75, 3.05) is 13.1 Å². The minimum atomic E-state index is -0.884. The summed E-state index contributed by atoms with van der Waals surface area (Å²) in [5.74, 6) is -0.884. The van der Waals surface area contributed by atoms with Gasteiger partial charge in [-0.3, -0.25) is 4.90 Å². The minimum Gasteiger partial charge on any atom is -0.478 e. The van der Waals surface area contributed by atoms with Gasteiger partial charge in [-0.1, -0.05) is 24.3 Å². The molecule has 0 bridgehead atoms. The molecule has 0 saturated heterocycles. The lowest BCUT2D eigenvalue weighted by molar-refractivity contribution is 0.0696. The Morgan fingerprint density at radius 3 is 3.06 bits per heavy atom. The van der Waals surface area contributed by atoms with Gasteiger partial charge in [0.2, 0.25) is 0 Å². The van der Waals surface area contributed by atoms with Gasteiger partial charge in [-0.15, -0.1) is 0 Å². The maximum absolute atomic E-state index is 10.9. The molecule has 1 aromatic rings. The molecule has 0 spiro atoms. The number of hydrogen-bond acceptors (Lipinski definition) is 3. The Kier molecular flexibility index (Phi) is 4.12. The highest BCUT2D eigenvalue weighted by Crippen LogP contribution is 2.15. The first kappa shape index (κ1) is 12.8. The predicted octanol–water partition coefficient (Wildman–Crippen LogP) is 1.47. The standard InChI is InChI=1S/C14H18N2O2/c15-9-13-6-1-2-7-16(13)10-11-4-3-5-12(8-11)14(17)18/h1,3-6,8,13H,2,7,9-10,15H2,(H,17,18). The Morgan fingerprint density at radius 1 is 1.50 bits per heavy atom. The summed E-state index contributed by atoms with van der Waals surface area (Å²) in [5, 5.41) is 8.97. The lowest BCUT2D eigenvalue weighted by atomic mass is 10.1. The average molecular weight is 246 g/mol. The molecule has 1 heterocycles. The fourth-order valence-electron chi connectivity index (χ4n) is 2.24. The predicted molar refractivity (Wildman–Crippen MR) is 70.4 cm³/mol. The van der Waals surface area contributed by atoms with Crippen molar-refractivity contribution in [3.63, 3.8) is 0 Å². The van der Waals surface area contributed by atoms with Gasteiger partial charge < -0.3 is 10.8 Å². The van der Waals surface area contributed by atoms with Crippen LogP contribution in [-0.4, -0.2) is 35.1 Å². The van der Waals surface area contributed by atoms with Crippen molar-refractivity contribution in [3.05, 3.63) is 47.5 Å². The van der Waals surface area contributed by atoms with Crippen LogP contribution in [0.2, 0.25) is 0 Å². The van der Waals surface area contributed by atoms with E-state index in [-0.39, 0.29) is 6.04 Å². The molecule has 18 heavy (non-hydrogen) atoms. The van der Waals surface area contributed by atoms with Crippen molar-refractivity contribution in [1.29, 1.82) is 0 Å². The maximum atomic E-state index is 10.9. The second-order valence-corrected chi connectivity index (χ2v) is 4.50. The number of carbonyl (C=O) groups is 1. The van der Waals surface area contributed by atoms with E-state index >= 15 is 0 Å². The van der Waals surface area contributed by atoms with E-state index in [9.17, 15) is 4.79 Å². The van der Waals surface area contributed by atoms with Gasteiger partial charge in [0.05, 0.1) is 5.56 Å². The number of hydrogen-bond donors (Lipinski definition) is 2. The molecular formula is C14H18N2O2. The van der Waals surface area contributed by atoms with E-state index in [0.29, 0.717) is 12.1 Å². The molecule has 0 fully saturated rings. The van der Waals surface area contributed by atoms with Crippen molar-refractivity contribution in [1.82, 2.24) is 4.90 Å². The van der Waals surface area contributed by atoms with Crippen LogP contribution >= 0.6 is 0 Å². The van der Waals surface area contributed by atoms with Gasteiger partial charge in [-0.2, -0.15) is 0 Å². The lowest BCUT2D eigenvalue weighted by Crippen LogP contribution is -2.41. The second-order valence-electron chi connectivity index (χ2n) is 4.50. The van der Waals surface area contributed by atoms with Gasteiger partial charge in [0, 0.05) is 25.7 Å². The molecule has 0 aromatic heterocycles. The third-order valence-corrected chi connectivity index (χ3v) is 3.21. The highest BCUT2D eigenvalue weighted by Gasteiger charge is 2.17. The fourth-order valence-corrected chi connectivity index (χ4v) is 2.24. The van der Waals surface area contributed by atoms with E-state index in [0.717, 1.165) is 25.1 Å². The van der Waals surface area contributed by atoms with Crippen LogP contribution in [0, 0.1) is 0 Å². The van der Waals surface area contributed by atoms with Crippen LogP contribution in [0.1, 0.15) is 22.3 Å². The van der Waals surface area contributed by atoms with E-state index in [2.05, 4.69) is 17.1 Å². The van der Waals surface area contributed by atoms with Crippen LogP contribution in [0.25, 0.3) is 0 Å². The molecule has 2 rings (SSSR count). The van der Waals surface area contributed by atoms with E-state index < -0.39 is 5.97 Å². The van der Waals surface area contributed by atoms with Gasteiger partial charge in [-0.05, 0) is 24.1 Å². The number of aromatic carboxylic acids is 1. The van der Waals surface area contributed by atoms with Gasteiger partial charge >= 0.3 is 5.97 Å². The zero-order valence-electron chi connectivity index (χ0n) is 10.2. The van der Waals surface area contributed by atoms with Gasteiger partial charge in [0.1, 0.15) is 0 Å². The van der Waals surface area contributed by atoms with E-state index in [4.69, 9.17) is 10.8 Å². The minimum absolute atomic E-state index is 0.257. The SMILES string of the molecule is NCC1C=CCCN1Cc1cccc(C(=O)O)c1. The van der Waals surface area contributed by atoms with Crippen LogP contribution in [0.3, 0.4) is 0 Å². The molecule has 1 aliphatic rings. The quantitative estimate of drug-likeness (QED) is 0.790. The summed E-state index contributed by atoms with van der Waals surface area (Å²) in [7, 11) is 0. The number of rotatable bonds is 4. The summed E-state index contributed by atoms with van der Waals surface area (Å²) in [6, 6.07) is 7.34. The Labute approximate surface area is 107 Å². The van der Waals surface area contributed by atoms with Crippen molar-refractivity contribution < 1.29 is 9.90 Å². The highest BCUT2D eigenvalue weighted by molar-refractivity contribution is 5.87. The summed E-state index contributed by atoms with van der Waals surface area (Å²) in [6.07, 6.45) is 5.31. The Bertz CT molecular complexity index is 457. The molecule has 1 unspecified atom stereocenters. The Morgan fingerprint density at radius 2 is 2.33 bits per heavy atom. The summed E-state index contributed by atoms with van der Waals surface area (Å²) >= 11 is 0. The zero-order chi connectivity index (χ0) is 13.0. The topological polar surface area (TPSA) is 66.6 Å². The molecule has 96 valence electrons. The third-order valence-electron chi connectivity index (χ3n) is 3.21. The summed E-state index contributed by atoms with van der Waals surface area (Å²) in [4.78, 5) is 13.2. The maximum Gasteiger partial charge on any atom is 0.335 e. The molecule has 4 nitrogen and oxygen atoms in total. The number of nitrogens with zero attached hydrogens (tertiary/aromatic N) is 1. The molecule has 1 aliphatic heterocycles. The molecule has 1 aromatic carbocycles. The molecule has 0 radical (unpaired) electrons. The molecule has 0 saturated carbocycles. The first-order chi connectivity index (χ1) is 8.70. The van der Waals surface area contributed by atoms with E-state index in [1.165, 1.54) is 0 Å². The zero-order valence-corrected chi connectivity index (χ0v) is 10.2. The number of carboxylic acids is 1. The van der Waals surface area contributed by atoms with Crippen molar-refractivity contribution in [3.8, 4) is 0 Å². The van der Waals surface area contributed by atoms with Crippen LogP contribution in [0.15, 0.2) is 36.4 Å². The van der Waals surface area contributed by atoms with Crippen molar-refractivity contribution in [2.24, 2.45) is 5.73 Å². The second kappa shape index (κ2) is 5.80. The van der Waals surface area contributed by atoms with Gasteiger partial charge in [-0.25, -0.2) is 4.79 Å². The molecule has 1 atom stereocenters. The highest BCUT2D eigenvalue weighted by atomic mass is 16.4. The first-order valence-electron chi connectivity index (χ1n) is 6.13. The van der Waals surface area contributed by atoms with Crippen LogP contribution in [0.5, 0.6) is 0 Å². The van der Waals surface area contributed by atoms with Gasteiger partial charge in [0.15, 0.2) is 0 Å². The Hall–Kier alpha value is -1.65. The monoisotopic (exact) mass is 246 g/mol. The molecule has 0 aliphatic carbocycles. The Balaban J connectivity index is 2.11. The van der Waals surface area contributed by atoms with E-state index in [1.807, 2.05) is 6.07 Å². The number of carboxylic acid groups (broad SMARTS) is 1. The summed E-state index contributed by atoms with van der Waals surface area (Å²) in [5.41, 5.74) is 7.09. The molecule has 3 N–H and O–H groups in total. The van der Waals surface area contributed by atoms with Crippen LogP contribution < -0.4 is 5.73 Å². The third kappa shape index (κ3) is 2.97.